The van der Waals surface area contributed by atoms with Gasteiger partial charge in [-0.2, -0.15) is 0 Å². The molecule has 0 aliphatic carbocycles. The van der Waals surface area contributed by atoms with Crippen molar-refractivity contribution in [3.8, 4) is 0 Å². The Bertz CT molecular complexity index is 648. The second kappa shape index (κ2) is 7.72. The number of hydrogen-bond acceptors (Lipinski definition) is 4. The second-order valence-corrected chi connectivity index (χ2v) is 4.63. The molecule has 2 aromatic rings. The molecule has 0 aliphatic heterocycles. The number of aromatic nitrogens is 2. The second-order valence-electron chi connectivity index (χ2n) is 4.63. The zero-order chi connectivity index (χ0) is 15.8. The van der Waals surface area contributed by atoms with Crippen LogP contribution < -0.4 is 5.32 Å². The average molecular weight is 300 g/mol. The molecule has 2 rings (SSSR count). The lowest BCUT2D eigenvalue weighted by molar-refractivity contribution is -0.384. The van der Waals surface area contributed by atoms with Gasteiger partial charge in [0.05, 0.1) is 11.3 Å². The van der Waals surface area contributed by atoms with Gasteiger partial charge < -0.3 is 9.88 Å². The Hall–Kier alpha value is -2.96. The van der Waals surface area contributed by atoms with Crippen molar-refractivity contribution in [2.75, 3.05) is 6.54 Å². The van der Waals surface area contributed by atoms with Crippen molar-refractivity contribution in [1.29, 1.82) is 0 Å². The summed E-state index contributed by atoms with van der Waals surface area (Å²) in [6.45, 7) is 1.37. The summed E-state index contributed by atoms with van der Waals surface area (Å²) < 4.78 is 1.94. The fourth-order valence-corrected chi connectivity index (χ4v) is 1.83. The summed E-state index contributed by atoms with van der Waals surface area (Å²) in [5, 5.41) is 13.3. The largest absolute Gasteiger partial charge is 0.352 e. The molecule has 0 saturated heterocycles. The van der Waals surface area contributed by atoms with E-state index in [4.69, 9.17) is 0 Å². The molecule has 1 aromatic heterocycles. The standard InChI is InChI=1S/C15H16N4O3/c20-15(17-8-1-10-18-11-9-16-12-18)7-4-13-2-5-14(6-3-13)19(21)22/h2-7,9,11-12H,1,8,10H2,(H,17,20)/b7-4+. The molecule has 1 N–H and O–H groups in total. The zero-order valence-corrected chi connectivity index (χ0v) is 11.9. The zero-order valence-electron chi connectivity index (χ0n) is 11.9. The van der Waals surface area contributed by atoms with Crippen molar-refractivity contribution < 1.29 is 9.72 Å². The fourth-order valence-electron chi connectivity index (χ4n) is 1.83. The van der Waals surface area contributed by atoms with Crippen molar-refractivity contribution in [2.45, 2.75) is 13.0 Å². The van der Waals surface area contributed by atoms with Gasteiger partial charge >= 0.3 is 0 Å². The number of imidazole rings is 1. The lowest BCUT2D eigenvalue weighted by Gasteiger charge is -2.03. The van der Waals surface area contributed by atoms with Crippen LogP contribution in [0.2, 0.25) is 0 Å². The molecule has 7 heteroatoms. The predicted molar refractivity (Wildman–Crippen MR) is 82.0 cm³/mol. The molecule has 0 spiro atoms. The number of amides is 1. The number of nitrogens with one attached hydrogen (secondary N) is 1. The summed E-state index contributed by atoms with van der Waals surface area (Å²) in [4.78, 5) is 25.6. The first-order valence-corrected chi connectivity index (χ1v) is 6.81. The molecule has 0 atom stereocenters. The predicted octanol–water partition coefficient (Wildman–Crippen LogP) is 2.01. The lowest BCUT2D eigenvalue weighted by atomic mass is 10.2. The van der Waals surface area contributed by atoms with E-state index in [1.54, 1.807) is 30.7 Å². The maximum absolute atomic E-state index is 11.6. The van der Waals surface area contributed by atoms with Crippen LogP contribution in [0, 0.1) is 10.1 Å². The molecule has 0 fully saturated rings. The van der Waals surface area contributed by atoms with Gasteiger partial charge in [-0.1, -0.05) is 0 Å². The SMILES string of the molecule is O=C(/C=C/c1ccc([N+](=O)[O-])cc1)NCCCn1ccnc1. The molecule has 0 saturated carbocycles. The molecular formula is C15H16N4O3. The smallest absolute Gasteiger partial charge is 0.269 e. The van der Waals surface area contributed by atoms with Gasteiger partial charge in [0, 0.05) is 43.7 Å². The highest BCUT2D eigenvalue weighted by Gasteiger charge is 2.02. The summed E-state index contributed by atoms with van der Waals surface area (Å²) in [6, 6.07) is 6.01. The molecule has 0 aliphatic rings. The maximum atomic E-state index is 11.6. The molecule has 0 bridgehead atoms. The Morgan fingerprint density at radius 1 is 1.36 bits per heavy atom. The van der Waals surface area contributed by atoms with Gasteiger partial charge in [-0.25, -0.2) is 4.98 Å². The molecular weight excluding hydrogens is 284 g/mol. The van der Waals surface area contributed by atoms with E-state index < -0.39 is 4.92 Å². The molecule has 0 unspecified atom stereocenters. The van der Waals surface area contributed by atoms with Crippen molar-refractivity contribution in [3.63, 3.8) is 0 Å². The summed E-state index contributed by atoms with van der Waals surface area (Å²) in [6.07, 6.45) is 9.17. The number of non-ortho nitro benzene ring substituents is 1. The number of nitrogens with zero attached hydrogens (tertiary/aromatic N) is 3. The Morgan fingerprint density at radius 3 is 2.77 bits per heavy atom. The molecule has 1 heterocycles. The van der Waals surface area contributed by atoms with E-state index in [0.29, 0.717) is 6.54 Å². The number of nitro benzene ring substituents is 1. The van der Waals surface area contributed by atoms with Crippen LogP contribution in [0.15, 0.2) is 49.1 Å². The van der Waals surface area contributed by atoms with E-state index >= 15 is 0 Å². The van der Waals surface area contributed by atoms with Gasteiger partial charge in [0.2, 0.25) is 5.91 Å². The normalized spacial score (nSPS) is 10.7. The van der Waals surface area contributed by atoms with Crippen molar-refractivity contribution in [1.82, 2.24) is 14.9 Å². The number of benzene rings is 1. The van der Waals surface area contributed by atoms with Gasteiger partial charge in [0.25, 0.3) is 5.69 Å². The molecule has 0 radical (unpaired) electrons. The summed E-state index contributed by atoms with van der Waals surface area (Å²) in [5.41, 5.74) is 0.764. The van der Waals surface area contributed by atoms with E-state index in [9.17, 15) is 14.9 Å². The number of carbonyl (C=O) groups is 1. The topological polar surface area (TPSA) is 90.1 Å². The van der Waals surface area contributed by atoms with E-state index in [1.165, 1.54) is 18.2 Å². The van der Waals surface area contributed by atoms with Crippen molar-refractivity contribution in [2.24, 2.45) is 0 Å². The molecule has 7 nitrogen and oxygen atoms in total. The number of hydrogen-bond donors (Lipinski definition) is 1. The van der Waals surface area contributed by atoms with E-state index in [0.717, 1.165) is 18.5 Å². The Morgan fingerprint density at radius 2 is 2.14 bits per heavy atom. The van der Waals surface area contributed by atoms with Crippen LogP contribution in [0.25, 0.3) is 6.08 Å². The van der Waals surface area contributed by atoms with E-state index in [2.05, 4.69) is 10.3 Å². The summed E-state index contributed by atoms with van der Waals surface area (Å²) >= 11 is 0. The first-order valence-electron chi connectivity index (χ1n) is 6.81. The Kier molecular flexibility index (Phi) is 5.42. The quantitative estimate of drug-likeness (QED) is 0.366. The minimum absolute atomic E-state index is 0.0288. The van der Waals surface area contributed by atoms with Crippen molar-refractivity contribution >= 4 is 17.7 Å². The van der Waals surface area contributed by atoms with Gasteiger partial charge in [-0.15, -0.1) is 0 Å². The third-order valence-electron chi connectivity index (χ3n) is 2.98. The fraction of sp³-hybridized carbons (Fsp3) is 0.200. The van der Waals surface area contributed by atoms with Crippen LogP contribution >= 0.6 is 0 Å². The Balaban J connectivity index is 1.72. The summed E-state index contributed by atoms with van der Waals surface area (Å²) in [7, 11) is 0. The van der Waals surface area contributed by atoms with E-state index in [-0.39, 0.29) is 11.6 Å². The van der Waals surface area contributed by atoms with Crippen LogP contribution in [0.1, 0.15) is 12.0 Å². The number of carbonyl (C=O) groups excluding carboxylic acids is 1. The highest BCUT2D eigenvalue weighted by atomic mass is 16.6. The van der Waals surface area contributed by atoms with Crippen LogP contribution in [-0.2, 0) is 11.3 Å². The highest BCUT2D eigenvalue weighted by Crippen LogP contribution is 2.12. The number of aryl methyl sites for hydroxylation is 1. The number of rotatable bonds is 7. The first-order chi connectivity index (χ1) is 10.6. The van der Waals surface area contributed by atoms with Gasteiger partial charge in [-0.3, -0.25) is 14.9 Å². The van der Waals surface area contributed by atoms with Crippen LogP contribution in [0.3, 0.4) is 0 Å². The van der Waals surface area contributed by atoms with Gasteiger partial charge in [0.1, 0.15) is 0 Å². The Labute approximate surface area is 127 Å². The van der Waals surface area contributed by atoms with E-state index in [1.807, 2.05) is 10.8 Å². The van der Waals surface area contributed by atoms with Crippen LogP contribution in [0.5, 0.6) is 0 Å². The minimum atomic E-state index is -0.458. The highest BCUT2D eigenvalue weighted by molar-refractivity contribution is 5.91. The minimum Gasteiger partial charge on any atom is -0.352 e. The molecule has 22 heavy (non-hydrogen) atoms. The van der Waals surface area contributed by atoms with Gasteiger partial charge in [-0.05, 0) is 30.2 Å². The summed E-state index contributed by atoms with van der Waals surface area (Å²) in [5.74, 6) is -0.191. The van der Waals surface area contributed by atoms with Crippen LogP contribution in [-0.4, -0.2) is 26.9 Å². The monoisotopic (exact) mass is 300 g/mol. The molecule has 1 aromatic carbocycles. The first kappa shape index (κ1) is 15.4. The maximum Gasteiger partial charge on any atom is 0.269 e. The number of nitro groups is 1. The molecule has 1 amide bonds. The van der Waals surface area contributed by atoms with Gasteiger partial charge in [0.15, 0.2) is 0 Å². The van der Waals surface area contributed by atoms with Crippen LogP contribution in [0.4, 0.5) is 5.69 Å². The van der Waals surface area contributed by atoms with Crippen molar-refractivity contribution in [3.05, 3.63) is 64.7 Å². The third-order valence-corrected chi connectivity index (χ3v) is 2.98. The lowest BCUT2D eigenvalue weighted by Crippen LogP contribution is -2.22. The average Bonchev–Trinajstić information content (AvgIpc) is 3.03. The third kappa shape index (κ3) is 4.86. The molecule has 114 valence electrons.